The molecule has 6 nitrogen and oxygen atoms in total. The molecular formula is C23H33N5O. The molecule has 0 bridgehead atoms. The van der Waals surface area contributed by atoms with Gasteiger partial charge in [0.15, 0.2) is 5.96 Å². The number of anilines is 1. The van der Waals surface area contributed by atoms with Crippen LogP contribution in [0.4, 0.5) is 5.82 Å². The average molecular weight is 396 g/mol. The summed E-state index contributed by atoms with van der Waals surface area (Å²) >= 11 is 0. The van der Waals surface area contributed by atoms with E-state index in [9.17, 15) is 0 Å². The van der Waals surface area contributed by atoms with Gasteiger partial charge in [0.05, 0.1) is 19.8 Å². The largest absolute Gasteiger partial charge is 0.375 e. The highest BCUT2D eigenvalue weighted by Crippen LogP contribution is 2.18. The van der Waals surface area contributed by atoms with Crippen molar-refractivity contribution in [3.63, 3.8) is 0 Å². The summed E-state index contributed by atoms with van der Waals surface area (Å²) in [6.45, 7) is 8.89. The van der Waals surface area contributed by atoms with Crippen LogP contribution in [0.25, 0.3) is 0 Å². The van der Waals surface area contributed by atoms with Gasteiger partial charge in [0.25, 0.3) is 0 Å². The monoisotopic (exact) mass is 395 g/mol. The molecule has 1 saturated heterocycles. The Morgan fingerprint density at radius 3 is 2.66 bits per heavy atom. The third-order valence-electron chi connectivity index (χ3n) is 4.99. The van der Waals surface area contributed by atoms with Crippen LogP contribution < -0.4 is 15.5 Å². The number of ether oxygens (including phenoxy) is 1. The third kappa shape index (κ3) is 7.06. The quantitative estimate of drug-likeness (QED) is 0.409. The van der Waals surface area contributed by atoms with Crippen molar-refractivity contribution >= 4 is 11.8 Å². The molecule has 0 unspecified atom stereocenters. The second-order valence-electron chi connectivity index (χ2n) is 7.34. The molecule has 29 heavy (non-hydrogen) atoms. The van der Waals surface area contributed by atoms with Gasteiger partial charge >= 0.3 is 0 Å². The van der Waals surface area contributed by atoms with E-state index in [1.54, 1.807) is 0 Å². The number of nitrogens with zero attached hydrogens (tertiary/aromatic N) is 3. The van der Waals surface area contributed by atoms with Gasteiger partial charge in [0, 0.05) is 31.4 Å². The van der Waals surface area contributed by atoms with Crippen LogP contribution in [0.3, 0.4) is 0 Å². The van der Waals surface area contributed by atoms with Crippen LogP contribution in [0.2, 0.25) is 0 Å². The SMILES string of the molecule is CCNC(=NCCOCc1ccccc1)NC1CCN(c2cccc(C)n2)CC1. The van der Waals surface area contributed by atoms with Gasteiger partial charge in [-0.05, 0) is 44.4 Å². The lowest BCUT2D eigenvalue weighted by atomic mass is 10.1. The number of nitrogens with one attached hydrogen (secondary N) is 2. The van der Waals surface area contributed by atoms with E-state index in [1.807, 2.05) is 31.2 Å². The number of rotatable bonds is 8. The molecule has 156 valence electrons. The predicted molar refractivity (Wildman–Crippen MR) is 119 cm³/mol. The number of hydrogen-bond acceptors (Lipinski definition) is 4. The van der Waals surface area contributed by atoms with Crippen LogP contribution in [-0.4, -0.2) is 49.8 Å². The standard InChI is InChI=1S/C23H33N5O/c1-3-24-23(25-14-17-29-18-20-9-5-4-6-10-20)27-21-12-15-28(16-13-21)22-11-7-8-19(2)26-22/h4-11,21H,3,12-18H2,1-2H3,(H2,24,25,27). The van der Waals surface area contributed by atoms with Crippen molar-refractivity contribution in [3.05, 3.63) is 59.8 Å². The van der Waals surface area contributed by atoms with Gasteiger partial charge in [-0.3, -0.25) is 4.99 Å². The molecule has 0 amide bonds. The number of pyridine rings is 1. The molecule has 3 rings (SSSR count). The zero-order valence-corrected chi connectivity index (χ0v) is 17.6. The fraction of sp³-hybridized carbons (Fsp3) is 0.478. The molecule has 1 aromatic carbocycles. The lowest BCUT2D eigenvalue weighted by Crippen LogP contribution is -2.49. The summed E-state index contributed by atoms with van der Waals surface area (Å²) in [5, 5.41) is 6.93. The number of aliphatic imine (C=N–C) groups is 1. The molecule has 1 aliphatic heterocycles. The molecule has 0 aliphatic carbocycles. The first-order chi connectivity index (χ1) is 14.2. The Kier molecular flexibility index (Phi) is 8.31. The zero-order valence-electron chi connectivity index (χ0n) is 17.6. The average Bonchev–Trinajstić information content (AvgIpc) is 2.75. The van der Waals surface area contributed by atoms with E-state index in [-0.39, 0.29) is 0 Å². The fourth-order valence-electron chi connectivity index (χ4n) is 3.46. The molecule has 6 heteroatoms. The number of benzene rings is 1. The summed E-state index contributed by atoms with van der Waals surface area (Å²) < 4.78 is 5.73. The Morgan fingerprint density at radius 1 is 1.14 bits per heavy atom. The predicted octanol–water partition coefficient (Wildman–Crippen LogP) is 3.13. The highest BCUT2D eigenvalue weighted by Gasteiger charge is 2.20. The van der Waals surface area contributed by atoms with E-state index in [2.05, 4.69) is 56.7 Å². The van der Waals surface area contributed by atoms with Crippen molar-refractivity contribution in [2.24, 2.45) is 4.99 Å². The van der Waals surface area contributed by atoms with Crippen LogP contribution >= 0.6 is 0 Å². The van der Waals surface area contributed by atoms with Gasteiger partial charge in [-0.25, -0.2) is 4.98 Å². The highest BCUT2D eigenvalue weighted by atomic mass is 16.5. The first-order valence-corrected chi connectivity index (χ1v) is 10.6. The lowest BCUT2D eigenvalue weighted by molar-refractivity contribution is 0.128. The summed E-state index contributed by atoms with van der Waals surface area (Å²) in [4.78, 5) is 11.7. The Morgan fingerprint density at radius 2 is 1.93 bits per heavy atom. The first kappa shape index (κ1) is 21.1. The van der Waals surface area contributed by atoms with Gasteiger partial charge in [0.1, 0.15) is 5.82 Å². The van der Waals surface area contributed by atoms with E-state index >= 15 is 0 Å². The Balaban J connectivity index is 1.41. The molecule has 2 aromatic rings. The molecule has 1 aromatic heterocycles. The van der Waals surface area contributed by atoms with E-state index in [4.69, 9.17) is 4.74 Å². The summed E-state index contributed by atoms with van der Waals surface area (Å²) in [5.74, 6) is 1.96. The van der Waals surface area contributed by atoms with Gasteiger partial charge in [-0.15, -0.1) is 0 Å². The van der Waals surface area contributed by atoms with Crippen molar-refractivity contribution < 1.29 is 4.74 Å². The molecule has 1 fully saturated rings. The summed E-state index contributed by atoms with van der Waals surface area (Å²) in [5.41, 5.74) is 2.26. The zero-order chi connectivity index (χ0) is 20.3. The van der Waals surface area contributed by atoms with Gasteiger partial charge < -0.3 is 20.3 Å². The van der Waals surface area contributed by atoms with E-state index < -0.39 is 0 Å². The lowest BCUT2D eigenvalue weighted by Gasteiger charge is -2.34. The molecular weight excluding hydrogens is 362 g/mol. The van der Waals surface area contributed by atoms with Gasteiger partial charge in [0.2, 0.25) is 0 Å². The molecule has 2 heterocycles. The van der Waals surface area contributed by atoms with E-state index in [1.165, 1.54) is 5.56 Å². The van der Waals surface area contributed by atoms with Crippen molar-refractivity contribution in [2.75, 3.05) is 37.7 Å². The molecule has 1 aliphatic rings. The van der Waals surface area contributed by atoms with Crippen molar-refractivity contribution in [1.29, 1.82) is 0 Å². The minimum Gasteiger partial charge on any atom is -0.375 e. The van der Waals surface area contributed by atoms with E-state index in [0.717, 1.165) is 49.9 Å². The molecule has 0 radical (unpaired) electrons. The third-order valence-corrected chi connectivity index (χ3v) is 4.99. The molecule has 0 spiro atoms. The van der Waals surface area contributed by atoms with Crippen molar-refractivity contribution in [1.82, 2.24) is 15.6 Å². The summed E-state index contributed by atoms with van der Waals surface area (Å²) in [6, 6.07) is 16.9. The maximum Gasteiger partial charge on any atom is 0.191 e. The van der Waals surface area contributed by atoms with Crippen LogP contribution in [0.5, 0.6) is 0 Å². The second kappa shape index (κ2) is 11.4. The van der Waals surface area contributed by atoms with Gasteiger partial charge in [-0.2, -0.15) is 0 Å². The minimum atomic E-state index is 0.430. The normalized spacial score (nSPS) is 15.4. The second-order valence-corrected chi connectivity index (χ2v) is 7.34. The molecule has 0 saturated carbocycles. The Bertz CT molecular complexity index is 757. The van der Waals surface area contributed by atoms with E-state index in [0.29, 0.717) is 25.8 Å². The van der Waals surface area contributed by atoms with Crippen molar-refractivity contribution in [3.8, 4) is 0 Å². The molecule has 2 N–H and O–H groups in total. The summed E-state index contributed by atoms with van der Waals surface area (Å²) in [7, 11) is 0. The number of aromatic nitrogens is 1. The van der Waals surface area contributed by atoms with Crippen LogP contribution in [0.1, 0.15) is 31.0 Å². The topological polar surface area (TPSA) is 61.8 Å². The Hall–Kier alpha value is -2.60. The smallest absolute Gasteiger partial charge is 0.191 e. The number of piperidine rings is 1. The Labute approximate surface area is 174 Å². The summed E-state index contributed by atoms with van der Waals surface area (Å²) in [6.07, 6.45) is 2.15. The van der Waals surface area contributed by atoms with Gasteiger partial charge in [-0.1, -0.05) is 36.4 Å². The maximum absolute atomic E-state index is 5.73. The number of aryl methyl sites for hydroxylation is 1. The number of guanidine groups is 1. The van der Waals surface area contributed by atoms with Crippen molar-refractivity contribution in [2.45, 2.75) is 39.3 Å². The molecule has 0 atom stereocenters. The highest BCUT2D eigenvalue weighted by molar-refractivity contribution is 5.80. The maximum atomic E-state index is 5.73. The van der Waals surface area contributed by atoms with Crippen LogP contribution in [0, 0.1) is 6.92 Å². The minimum absolute atomic E-state index is 0.430. The first-order valence-electron chi connectivity index (χ1n) is 10.6. The van der Waals surface area contributed by atoms with Crippen LogP contribution in [-0.2, 0) is 11.3 Å². The number of hydrogen-bond donors (Lipinski definition) is 2. The fourth-order valence-corrected chi connectivity index (χ4v) is 3.46. The van der Waals surface area contributed by atoms with Crippen LogP contribution in [0.15, 0.2) is 53.5 Å².